The molecule has 0 bridgehead atoms. The normalized spacial score (nSPS) is 10.3. The predicted octanol–water partition coefficient (Wildman–Crippen LogP) is 3.50. The quantitative estimate of drug-likeness (QED) is 0.656. The van der Waals surface area contributed by atoms with E-state index in [4.69, 9.17) is 0 Å². The minimum atomic E-state index is -1.35. The van der Waals surface area contributed by atoms with E-state index in [0.717, 1.165) is 12.1 Å². The summed E-state index contributed by atoms with van der Waals surface area (Å²) in [6, 6.07) is 5.33. The zero-order valence-corrected chi connectivity index (χ0v) is 9.38. The lowest BCUT2D eigenvalue weighted by Crippen LogP contribution is -2.13. The molecule has 2 aromatic rings. The molecule has 0 radical (unpaired) electrons. The van der Waals surface area contributed by atoms with Crippen LogP contribution in [0.25, 0.3) is 0 Å². The van der Waals surface area contributed by atoms with Gasteiger partial charge in [-0.1, -0.05) is 0 Å². The van der Waals surface area contributed by atoms with Crippen LogP contribution in [0.15, 0.2) is 36.4 Å². The molecule has 6 heteroatoms. The summed E-state index contributed by atoms with van der Waals surface area (Å²) in [4.78, 5) is 11.7. The maximum atomic E-state index is 13.3. The highest BCUT2D eigenvalue weighted by atomic mass is 19.2. The van der Waals surface area contributed by atoms with Crippen molar-refractivity contribution in [2.75, 3.05) is 5.32 Å². The van der Waals surface area contributed by atoms with Crippen LogP contribution in [0.1, 0.15) is 10.4 Å². The standard InChI is InChI=1S/C13H7F4NO/c14-8-3-1-7(2-4-8)13(19)18-12-6-10(16)9(15)5-11(12)17/h1-6H,(H,18,19). The van der Waals surface area contributed by atoms with Gasteiger partial charge in [-0.3, -0.25) is 4.79 Å². The average Bonchev–Trinajstić information content (AvgIpc) is 2.36. The van der Waals surface area contributed by atoms with Crippen LogP contribution in [0.2, 0.25) is 0 Å². The van der Waals surface area contributed by atoms with Gasteiger partial charge < -0.3 is 5.32 Å². The van der Waals surface area contributed by atoms with Crippen molar-refractivity contribution in [3.8, 4) is 0 Å². The Bertz CT molecular complexity index is 625. The molecule has 0 aromatic heterocycles. The first kappa shape index (κ1) is 13.1. The molecule has 0 aliphatic rings. The van der Waals surface area contributed by atoms with Gasteiger partial charge in [0.2, 0.25) is 0 Å². The van der Waals surface area contributed by atoms with Crippen LogP contribution in [0.5, 0.6) is 0 Å². The van der Waals surface area contributed by atoms with E-state index in [2.05, 4.69) is 5.32 Å². The molecule has 0 saturated carbocycles. The molecular weight excluding hydrogens is 262 g/mol. The van der Waals surface area contributed by atoms with E-state index in [1.54, 1.807) is 0 Å². The highest BCUT2D eigenvalue weighted by Crippen LogP contribution is 2.19. The molecule has 98 valence electrons. The third-order valence-corrected chi connectivity index (χ3v) is 2.36. The Kier molecular flexibility index (Phi) is 3.50. The van der Waals surface area contributed by atoms with E-state index in [9.17, 15) is 22.4 Å². The highest BCUT2D eigenvalue weighted by molar-refractivity contribution is 6.04. The Morgan fingerprint density at radius 3 is 2.05 bits per heavy atom. The van der Waals surface area contributed by atoms with Gasteiger partial charge in [0.05, 0.1) is 5.69 Å². The van der Waals surface area contributed by atoms with Gasteiger partial charge in [0, 0.05) is 17.7 Å². The lowest BCUT2D eigenvalue weighted by atomic mass is 10.2. The monoisotopic (exact) mass is 269 g/mol. The van der Waals surface area contributed by atoms with E-state index < -0.39 is 34.9 Å². The number of anilines is 1. The first-order valence-corrected chi connectivity index (χ1v) is 5.19. The first-order valence-electron chi connectivity index (χ1n) is 5.19. The Morgan fingerprint density at radius 1 is 0.842 bits per heavy atom. The number of rotatable bonds is 2. The van der Waals surface area contributed by atoms with Crippen LogP contribution >= 0.6 is 0 Å². The van der Waals surface area contributed by atoms with Crippen LogP contribution in [0.4, 0.5) is 23.2 Å². The van der Waals surface area contributed by atoms with Crippen molar-refractivity contribution >= 4 is 11.6 Å². The van der Waals surface area contributed by atoms with Gasteiger partial charge in [0.1, 0.15) is 11.6 Å². The Balaban J connectivity index is 2.24. The minimum absolute atomic E-state index is 0.0607. The molecular formula is C13H7F4NO. The minimum Gasteiger partial charge on any atom is -0.319 e. The van der Waals surface area contributed by atoms with Crippen molar-refractivity contribution in [3.63, 3.8) is 0 Å². The van der Waals surface area contributed by atoms with Gasteiger partial charge in [0.25, 0.3) is 5.91 Å². The fraction of sp³-hybridized carbons (Fsp3) is 0. The number of benzene rings is 2. The van der Waals surface area contributed by atoms with Crippen molar-refractivity contribution in [1.29, 1.82) is 0 Å². The van der Waals surface area contributed by atoms with Gasteiger partial charge >= 0.3 is 0 Å². The molecule has 0 aliphatic carbocycles. The van der Waals surface area contributed by atoms with Crippen LogP contribution in [0, 0.1) is 23.3 Å². The molecule has 0 fully saturated rings. The number of carbonyl (C=O) groups excluding carboxylic acids is 1. The molecule has 0 atom stereocenters. The summed E-state index contributed by atoms with van der Waals surface area (Å²) in [5, 5.41) is 2.07. The third kappa shape index (κ3) is 2.90. The zero-order chi connectivity index (χ0) is 14.0. The second kappa shape index (κ2) is 5.09. The van der Waals surface area contributed by atoms with E-state index >= 15 is 0 Å². The third-order valence-electron chi connectivity index (χ3n) is 2.36. The SMILES string of the molecule is O=C(Nc1cc(F)c(F)cc1F)c1ccc(F)cc1. The summed E-state index contributed by atoms with van der Waals surface area (Å²) >= 11 is 0. The number of hydrogen-bond acceptors (Lipinski definition) is 1. The van der Waals surface area contributed by atoms with E-state index in [-0.39, 0.29) is 5.56 Å². The maximum Gasteiger partial charge on any atom is 0.255 e. The number of halogens is 4. The topological polar surface area (TPSA) is 29.1 Å². The number of hydrogen-bond donors (Lipinski definition) is 1. The lowest BCUT2D eigenvalue weighted by Gasteiger charge is -2.07. The maximum absolute atomic E-state index is 13.3. The summed E-state index contributed by atoms with van der Waals surface area (Å²) in [5.41, 5.74) is -0.432. The molecule has 1 amide bonds. The molecule has 2 aromatic carbocycles. The Labute approximate surface area is 105 Å². The van der Waals surface area contributed by atoms with E-state index in [1.165, 1.54) is 12.1 Å². The van der Waals surface area contributed by atoms with Crippen LogP contribution in [-0.4, -0.2) is 5.91 Å². The molecule has 0 spiro atoms. The van der Waals surface area contributed by atoms with Gasteiger partial charge in [-0.25, -0.2) is 17.6 Å². The summed E-state index contributed by atoms with van der Waals surface area (Å²) in [6.07, 6.45) is 0. The van der Waals surface area contributed by atoms with Gasteiger partial charge in [-0.2, -0.15) is 0 Å². The second-order valence-corrected chi connectivity index (χ2v) is 3.71. The van der Waals surface area contributed by atoms with E-state index in [1.807, 2.05) is 0 Å². The van der Waals surface area contributed by atoms with Crippen molar-refractivity contribution in [2.45, 2.75) is 0 Å². The number of nitrogens with one attached hydrogen (secondary N) is 1. The summed E-state index contributed by atoms with van der Waals surface area (Å²) in [5.74, 6) is -5.03. The second-order valence-electron chi connectivity index (χ2n) is 3.71. The summed E-state index contributed by atoms with van der Waals surface area (Å²) < 4.78 is 51.6. The summed E-state index contributed by atoms with van der Waals surface area (Å²) in [7, 11) is 0. The molecule has 19 heavy (non-hydrogen) atoms. The Hall–Kier alpha value is -2.37. The fourth-order valence-electron chi connectivity index (χ4n) is 1.41. The zero-order valence-electron chi connectivity index (χ0n) is 9.38. The van der Waals surface area contributed by atoms with Gasteiger partial charge in [0.15, 0.2) is 11.6 Å². The molecule has 2 nitrogen and oxygen atoms in total. The predicted molar refractivity (Wildman–Crippen MR) is 60.7 cm³/mol. The smallest absolute Gasteiger partial charge is 0.255 e. The highest BCUT2D eigenvalue weighted by Gasteiger charge is 2.13. The molecule has 0 unspecified atom stereocenters. The van der Waals surface area contributed by atoms with Crippen LogP contribution in [-0.2, 0) is 0 Å². The molecule has 0 saturated heterocycles. The number of amides is 1. The number of carbonyl (C=O) groups is 1. The van der Waals surface area contributed by atoms with Crippen molar-refractivity contribution in [1.82, 2.24) is 0 Å². The molecule has 2 rings (SSSR count). The van der Waals surface area contributed by atoms with Crippen molar-refractivity contribution in [2.24, 2.45) is 0 Å². The van der Waals surface area contributed by atoms with Crippen LogP contribution < -0.4 is 5.32 Å². The van der Waals surface area contributed by atoms with Crippen molar-refractivity contribution in [3.05, 3.63) is 65.2 Å². The fourth-order valence-corrected chi connectivity index (χ4v) is 1.41. The van der Waals surface area contributed by atoms with Gasteiger partial charge in [-0.15, -0.1) is 0 Å². The largest absolute Gasteiger partial charge is 0.319 e. The van der Waals surface area contributed by atoms with Gasteiger partial charge in [-0.05, 0) is 24.3 Å². The molecule has 0 aliphatic heterocycles. The first-order chi connectivity index (χ1) is 8.97. The average molecular weight is 269 g/mol. The summed E-state index contributed by atoms with van der Waals surface area (Å²) in [6.45, 7) is 0. The lowest BCUT2D eigenvalue weighted by molar-refractivity contribution is 0.102. The van der Waals surface area contributed by atoms with Crippen LogP contribution in [0.3, 0.4) is 0 Å². The van der Waals surface area contributed by atoms with E-state index in [0.29, 0.717) is 12.1 Å². The van der Waals surface area contributed by atoms with Crippen molar-refractivity contribution < 1.29 is 22.4 Å². The Morgan fingerprint density at radius 2 is 1.42 bits per heavy atom. The molecule has 0 heterocycles. The molecule has 1 N–H and O–H groups in total.